The minimum absolute atomic E-state index is 0.101. The first kappa shape index (κ1) is 10.1. The topological polar surface area (TPSA) is 64.9 Å². The minimum atomic E-state index is -0.505. The number of nitrogens with zero attached hydrogens (tertiary/aromatic N) is 2. The molecule has 15 heavy (non-hydrogen) atoms. The fourth-order valence-electron chi connectivity index (χ4n) is 1.11. The van der Waals surface area contributed by atoms with Crippen molar-refractivity contribution in [2.75, 3.05) is 0 Å². The molecular weight excluding hydrogens is 221 g/mol. The molecule has 0 unspecified atom stereocenters. The molecule has 0 bridgehead atoms. The molecule has 2 rings (SSSR count). The number of rotatable bonds is 2. The number of nitrogens with two attached hydrogens (primary N) is 1. The van der Waals surface area contributed by atoms with Gasteiger partial charge in [0.2, 0.25) is 5.89 Å². The fourth-order valence-corrected chi connectivity index (χ4v) is 1.27. The first-order valence-corrected chi connectivity index (χ1v) is 4.56. The lowest BCUT2D eigenvalue weighted by molar-refractivity contribution is 0.504. The van der Waals surface area contributed by atoms with Crippen LogP contribution in [0.2, 0.25) is 5.02 Å². The van der Waals surface area contributed by atoms with Crippen LogP contribution in [0.25, 0.3) is 11.5 Å². The molecule has 78 valence electrons. The summed E-state index contributed by atoms with van der Waals surface area (Å²) in [6.07, 6.45) is 0. The van der Waals surface area contributed by atoms with Gasteiger partial charge in [-0.2, -0.15) is 0 Å². The Hall–Kier alpha value is -1.46. The maximum absolute atomic E-state index is 13.4. The van der Waals surface area contributed by atoms with Gasteiger partial charge < -0.3 is 10.2 Å². The van der Waals surface area contributed by atoms with Crippen LogP contribution in [0.5, 0.6) is 0 Å². The second-order valence-corrected chi connectivity index (χ2v) is 3.27. The highest BCUT2D eigenvalue weighted by atomic mass is 35.5. The summed E-state index contributed by atoms with van der Waals surface area (Å²) in [5, 5.41) is 7.62. The predicted molar refractivity (Wildman–Crippen MR) is 52.6 cm³/mol. The van der Waals surface area contributed by atoms with Crippen LogP contribution < -0.4 is 5.73 Å². The summed E-state index contributed by atoms with van der Waals surface area (Å²) in [5.41, 5.74) is 5.51. The molecule has 1 aromatic carbocycles. The van der Waals surface area contributed by atoms with Gasteiger partial charge in [-0.05, 0) is 18.2 Å². The molecule has 6 heteroatoms. The van der Waals surface area contributed by atoms with Gasteiger partial charge >= 0.3 is 0 Å². The van der Waals surface area contributed by atoms with Crippen molar-refractivity contribution in [3.8, 4) is 11.5 Å². The number of hydrogen-bond donors (Lipinski definition) is 1. The lowest BCUT2D eigenvalue weighted by Crippen LogP contribution is -1.95. The second kappa shape index (κ2) is 3.96. The third-order valence-corrected chi connectivity index (χ3v) is 2.04. The maximum Gasteiger partial charge on any atom is 0.250 e. The number of halogens is 2. The first-order chi connectivity index (χ1) is 7.20. The van der Waals surface area contributed by atoms with E-state index in [1.54, 1.807) is 6.07 Å². The minimum Gasteiger partial charge on any atom is -0.419 e. The monoisotopic (exact) mass is 227 g/mol. The Kier molecular flexibility index (Phi) is 2.66. The summed E-state index contributed by atoms with van der Waals surface area (Å²) in [7, 11) is 0. The van der Waals surface area contributed by atoms with Crippen molar-refractivity contribution in [3.05, 3.63) is 34.9 Å². The second-order valence-electron chi connectivity index (χ2n) is 2.83. The molecule has 2 N–H and O–H groups in total. The molecule has 1 aromatic heterocycles. The van der Waals surface area contributed by atoms with Gasteiger partial charge in [0.1, 0.15) is 5.82 Å². The van der Waals surface area contributed by atoms with Gasteiger partial charge in [0, 0.05) is 5.02 Å². The van der Waals surface area contributed by atoms with Crippen molar-refractivity contribution in [3.63, 3.8) is 0 Å². The lowest BCUT2D eigenvalue weighted by Gasteiger charge is -1.97. The highest BCUT2D eigenvalue weighted by Gasteiger charge is 2.12. The van der Waals surface area contributed by atoms with Crippen molar-refractivity contribution < 1.29 is 8.81 Å². The smallest absolute Gasteiger partial charge is 0.250 e. The standard InChI is InChI=1S/C9H7ClFN3O/c10-5-1-2-6(7(11)3-5)9-14-13-8(4-12)15-9/h1-3H,4,12H2. The van der Waals surface area contributed by atoms with Gasteiger partial charge in [-0.1, -0.05) is 11.6 Å². The van der Waals surface area contributed by atoms with E-state index in [4.69, 9.17) is 21.8 Å². The van der Waals surface area contributed by atoms with Crippen LogP contribution in [0.4, 0.5) is 4.39 Å². The highest BCUT2D eigenvalue weighted by Crippen LogP contribution is 2.23. The first-order valence-electron chi connectivity index (χ1n) is 4.18. The molecule has 1 heterocycles. The molecule has 0 amide bonds. The van der Waals surface area contributed by atoms with Crippen LogP contribution in [-0.2, 0) is 6.54 Å². The van der Waals surface area contributed by atoms with Crippen molar-refractivity contribution in [2.45, 2.75) is 6.54 Å². The Bertz CT molecular complexity index is 486. The van der Waals surface area contributed by atoms with Gasteiger partial charge in [-0.25, -0.2) is 4.39 Å². The SMILES string of the molecule is NCc1nnc(-c2ccc(Cl)cc2F)o1. The quantitative estimate of drug-likeness (QED) is 0.852. The Balaban J connectivity index is 2.44. The van der Waals surface area contributed by atoms with E-state index < -0.39 is 5.82 Å². The summed E-state index contributed by atoms with van der Waals surface area (Å²) >= 11 is 5.61. The Labute approximate surface area is 89.9 Å². The van der Waals surface area contributed by atoms with Gasteiger partial charge in [0.15, 0.2) is 0 Å². The van der Waals surface area contributed by atoms with Gasteiger partial charge in [-0.15, -0.1) is 10.2 Å². The zero-order valence-corrected chi connectivity index (χ0v) is 8.33. The van der Waals surface area contributed by atoms with E-state index in [-0.39, 0.29) is 23.9 Å². The number of hydrogen-bond acceptors (Lipinski definition) is 4. The lowest BCUT2D eigenvalue weighted by atomic mass is 10.2. The summed E-state index contributed by atoms with van der Waals surface area (Å²) in [6, 6.07) is 4.21. The van der Waals surface area contributed by atoms with E-state index in [1.807, 2.05) is 0 Å². The van der Waals surface area contributed by atoms with E-state index in [9.17, 15) is 4.39 Å². The van der Waals surface area contributed by atoms with Crippen LogP contribution in [0.1, 0.15) is 5.89 Å². The average molecular weight is 228 g/mol. The molecular formula is C9H7ClFN3O. The summed E-state index contributed by atoms with van der Waals surface area (Å²) in [4.78, 5) is 0. The zero-order valence-electron chi connectivity index (χ0n) is 7.58. The van der Waals surface area contributed by atoms with Crippen LogP contribution in [0.3, 0.4) is 0 Å². The Morgan fingerprint density at radius 3 is 2.80 bits per heavy atom. The van der Waals surface area contributed by atoms with E-state index >= 15 is 0 Å². The third-order valence-electron chi connectivity index (χ3n) is 1.80. The summed E-state index contributed by atoms with van der Waals surface area (Å²) < 4.78 is 18.5. The predicted octanol–water partition coefficient (Wildman–Crippen LogP) is 1.99. The number of aromatic nitrogens is 2. The van der Waals surface area contributed by atoms with Crippen molar-refractivity contribution >= 4 is 11.6 Å². The molecule has 0 saturated carbocycles. The van der Waals surface area contributed by atoms with E-state index in [2.05, 4.69) is 10.2 Å². The zero-order chi connectivity index (χ0) is 10.8. The molecule has 0 aliphatic heterocycles. The Morgan fingerprint density at radius 2 is 2.20 bits per heavy atom. The summed E-state index contributed by atoms with van der Waals surface area (Å²) in [5.74, 6) is -0.140. The van der Waals surface area contributed by atoms with Gasteiger partial charge in [0.05, 0.1) is 12.1 Å². The highest BCUT2D eigenvalue weighted by molar-refractivity contribution is 6.30. The third kappa shape index (κ3) is 1.98. The molecule has 2 aromatic rings. The van der Waals surface area contributed by atoms with Crippen LogP contribution >= 0.6 is 11.6 Å². The van der Waals surface area contributed by atoms with E-state index in [0.29, 0.717) is 5.02 Å². The van der Waals surface area contributed by atoms with Crippen molar-refractivity contribution in [2.24, 2.45) is 5.73 Å². The molecule has 0 aliphatic carbocycles. The number of benzene rings is 1. The molecule has 0 atom stereocenters. The van der Waals surface area contributed by atoms with E-state index in [0.717, 1.165) is 0 Å². The molecule has 0 fully saturated rings. The molecule has 0 spiro atoms. The Morgan fingerprint density at radius 1 is 1.40 bits per heavy atom. The van der Waals surface area contributed by atoms with E-state index in [1.165, 1.54) is 12.1 Å². The van der Waals surface area contributed by atoms with Gasteiger partial charge in [0.25, 0.3) is 5.89 Å². The van der Waals surface area contributed by atoms with Crippen LogP contribution in [0, 0.1) is 5.82 Å². The summed E-state index contributed by atoms with van der Waals surface area (Å²) in [6.45, 7) is 0.127. The molecule has 0 radical (unpaired) electrons. The van der Waals surface area contributed by atoms with Crippen molar-refractivity contribution in [1.29, 1.82) is 0 Å². The molecule has 4 nitrogen and oxygen atoms in total. The van der Waals surface area contributed by atoms with Crippen LogP contribution in [-0.4, -0.2) is 10.2 Å². The van der Waals surface area contributed by atoms with Crippen LogP contribution in [0.15, 0.2) is 22.6 Å². The maximum atomic E-state index is 13.4. The van der Waals surface area contributed by atoms with Crippen molar-refractivity contribution in [1.82, 2.24) is 10.2 Å². The largest absolute Gasteiger partial charge is 0.419 e. The average Bonchev–Trinajstić information content (AvgIpc) is 2.66. The molecule has 0 aliphatic rings. The van der Waals surface area contributed by atoms with Gasteiger partial charge in [-0.3, -0.25) is 0 Å². The molecule has 0 saturated heterocycles. The fraction of sp³-hybridized carbons (Fsp3) is 0.111. The normalized spacial score (nSPS) is 10.6.